The minimum absolute atomic E-state index is 0.0682. The van der Waals surface area contributed by atoms with Crippen LogP contribution in [0.3, 0.4) is 0 Å². The number of anilines is 2. The van der Waals surface area contributed by atoms with Crippen LogP contribution in [0.2, 0.25) is 0 Å². The van der Waals surface area contributed by atoms with Crippen molar-refractivity contribution in [3.8, 4) is 0 Å². The van der Waals surface area contributed by atoms with E-state index in [0.717, 1.165) is 6.07 Å². The molecule has 0 unspecified atom stereocenters. The summed E-state index contributed by atoms with van der Waals surface area (Å²) < 4.78 is 19.0. The second kappa shape index (κ2) is 5.89. The van der Waals surface area contributed by atoms with Crippen molar-refractivity contribution in [1.82, 2.24) is 0 Å². The molecule has 0 radical (unpaired) electrons. The Kier molecular flexibility index (Phi) is 4.37. The highest BCUT2D eigenvalue weighted by Crippen LogP contribution is 2.30. The van der Waals surface area contributed by atoms with Gasteiger partial charge in [-0.2, -0.15) is 0 Å². The fraction of sp³-hybridized carbons (Fsp3) is 0.533. The van der Waals surface area contributed by atoms with E-state index >= 15 is 0 Å². The number of nitrogen functional groups attached to an aromatic ring is 1. The molecule has 1 aromatic rings. The van der Waals surface area contributed by atoms with E-state index < -0.39 is 17.4 Å². The monoisotopic (exact) mass is 296 g/mol. The maximum Gasteiger partial charge on any atom is 0.340 e. The lowest BCUT2D eigenvalue weighted by atomic mass is 9.93. The molecule has 116 valence electrons. The highest BCUT2D eigenvalue weighted by Gasteiger charge is 2.29. The van der Waals surface area contributed by atoms with Crippen molar-refractivity contribution in [3.05, 3.63) is 23.5 Å². The Balaban J connectivity index is 2.28. The lowest BCUT2D eigenvalue weighted by Gasteiger charge is -2.37. The summed E-state index contributed by atoms with van der Waals surface area (Å²) in [5, 5.41) is 9.95. The van der Waals surface area contributed by atoms with E-state index in [4.69, 9.17) is 10.5 Å². The summed E-state index contributed by atoms with van der Waals surface area (Å²) >= 11 is 0. The van der Waals surface area contributed by atoms with Crippen LogP contribution in [0.15, 0.2) is 12.1 Å². The fourth-order valence-corrected chi connectivity index (χ4v) is 2.43. The predicted molar refractivity (Wildman–Crippen MR) is 78.8 cm³/mol. The van der Waals surface area contributed by atoms with Gasteiger partial charge in [-0.05, 0) is 38.8 Å². The van der Waals surface area contributed by atoms with Crippen LogP contribution in [0, 0.1) is 5.82 Å². The zero-order chi connectivity index (χ0) is 15.6. The minimum Gasteiger partial charge on any atom is -0.462 e. The van der Waals surface area contributed by atoms with Crippen LogP contribution in [0.5, 0.6) is 0 Å². The third kappa shape index (κ3) is 3.44. The number of hydrogen-bond donors (Lipinski definition) is 2. The normalized spacial score (nSPS) is 17.6. The van der Waals surface area contributed by atoms with Crippen LogP contribution in [0.25, 0.3) is 0 Å². The number of rotatable bonds is 3. The lowest BCUT2D eigenvalue weighted by Crippen LogP contribution is -2.42. The molecule has 5 nitrogen and oxygen atoms in total. The summed E-state index contributed by atoms with van der Waals surface area (Å²) in [4.78, 5) is 13.6. The molecule has 0 spiro atoms. The van der Waals surface area contributed by atoms with E-state index in [2.05, 4.69) is 0 Å². The first kappa shape index (κ1) is 15.6. The maximum atomic E-state index is 14.1. The van der Waals surface area contributed by atoms with Gasteiger partial charge in [0.05, 0.1) is 23.5 Å². The molecule has 0 aromatic heterocycles. The number of ether oxygens (including phenoxy) is 1. The molecule has 1 aliphatic rings. The molecule has 1 fully saturated rings. The number of carbonyl (C=O) groups is 1. The summed E-state index contributed by atoms with van der Waals surface area (Å²) in [6.07, 6.45) is 1.09. The molecule has 0 saturated carbocycles. The highest BCUT2D eigenvalue weighted by molar-refractivity contribution is 5.96. The average molecular weight is 296 g/mol. The molecule has 1 heterocycles. The lowest BCUT2D eigenvalue weighted by molar-refractivity contribution is 0.0349. The van der Waals surface area contributed by atoms with E-state index in [-0.39, 0.29) is 17.9 Å². The largest absolute Gasteiger partial charge is 0.462 e. The first-order chi connectivity index (χ1) is 9.84. The SMILES string of the molecule is CCOC(=O)c1cc(N2CCC(C)(O)CC2)c(F)cc1N. The first-order valence-electron chi connectivity index (χ1n) is 7.07. The number of piperidine rings is 1. The highest BCUT2D eigenvalue weighted by atomic mass is 19.1. The van der Waals surface area contributed by atoms with Crippen LogP contribution < -0.4 is 10.6 Å². The molecule has 21 heavy (non-hydrogen) atoms. The molecular weight excluding hydrogens is 275 g/mol. The van der Waals surface area contributed by atoms with Crippen molar-refractivity contribution < 1.29 is 19.0 Å². The van der Waals surface area contributed by atoms with Crippen LogP contribution in [0.1, 0.15) is 37.0 Å². The maximum absolute atomic E-state index is 14.1. The van der Waals surface area contributed by atoms with E-state index in [1.807, 2.05) is 4.90 Å². The third-order valence-corrected chi connectivity index (χ3v) is 3.80. The molecule has 0 amide bonds. The van der Waals surface area contributed by atoms with Crippen molar-refractivity contribution in [2.24, 2.45) is 0 Å². The summed E-state index contributed by atoms with van der Waals surface area (Å²) in [6.45, 7) is 4.75. The second-order valence-electron chi connectivity index (χ2n) is 5.60. The molecule has 1 aliphatic heterocycles. The van der Waals surface area contributed by atoms with Gasteiger partial charge in [-0.1, -0.05) is 0 Å². The number of nitrogens with two attached hydrogens (primary N) is 1. The Morgan fingerprint density at radius 2 is 2.10 bits per heavy atom. The zero-order valence-electron chi connectivity index (χ0n) is 12.4. The minimum atomic E-state index is -0.718. The third-order valence-electron chi connectivity index (χ3n) is 3.80. The molecule has 2 rings (SSSR count). The smallest absolute Gasteiger partial charge is 0.340 e. The van der Waals surface area contributed by atoms with Gasteiger partial charge in [0.1, 0.15) is 5.82 Å². The molecule has 0 aliphatic carbocycles. The number of esters is 1. The molecular formula is C15H21FN2O3. The van der Waals surface area contributed by atoms with E-state index in [0.29, 0.717) is 31.6 Å². The van der Waals surface area contributed by atoms with Crippen LogP contribution in [-0.2, 0) is 4.74 Å². The van der Waals surface area contributed by atoms with Crippen molar-refractivity contribution >= 4 is 17.3 Å². The average Bonchev–Trinajstić information content (AvgIpc) is 2.40. The van der Waals surface area contributed by atoms with Gasteiger partial charge in [0.2, 0.25) is 0 Å². The zero-order valence-corrected chi connectivity index (χ0v) is 12.4. The van der Waals surface area contributed by atoms with Gasteiger partial charge in [-0.25, -0.2) is 9.18 Å². The Morgan fingerprint density at radius 3 is 2.67 bits per heavy atom. The number of hydrogen-bond acceptors (Lipinski definition) is 5. The van der Waals surface area contributed by atoms with Gasteiger partial charge >= 0.3 is 5.97 Å². The summed E-state index contributed by atoms with van der Waals surface area (Å²) in [7, 11) is 0. The number of benzene rings is 1. The summed E-state index contributed by atoms with van der Waals surface area (Å²) in [5.41, 5.74) is 5.54. The van der Waals surface area contributed by atoms with Crippen LogP contribution in [0.4, 0.5) is 15.8 Å². The Bertz CT molecular complexity index is 536. The van der Waals surface area contributed by atoms with Gasteiger partial charge < -0.3 is 20.5 Å². The molecule has 6 heteroatoms. The van der Waals surface area contributed by atoms with Crippen molar-refractivity contribution in [2.75, 3.05) is 30.3 Å². The summed E-state index contributed by atoms with van der Waals surface area (Å²) in [5.74, 6) is -1.03. The molecule has 0 bridgehead atoms. The van der Waals surface area contributed by atoms with Gasteiger partial charge in [0.15, 0.2) is 0 Å². The molecule has 1 aromatic carbocycles. The topological polar surface area (TPSA) is 75.8 Å². The van der Waals surface area contributed by atoms with E-state index in [9.17, 15) is 14.3 Å². The number of aliphatic hydroxyl groups is 1. The predicted octanol–water partition coefficient (Wildman–Crippen LogP) is 1.94. The number of nitrogens with zero attached hydrogens (tertiary/aromatic N) is 1. The van der Waals surface area contributed by atoms with E-state index in [1.165, 1.54) is 6.07 Å². The van der Waals surface area contributed by atoms with E-state index in [1.54, 1.807) is 13.8 Å². The van der Waals surface area contributed by atoms with Gasteiger partial charge in [0.25, 0.3) is 0 Å². The first-order valence-corrected chi connectivity index (χ1v) is 7.07. The molecule has 3 N–H and O–H groups in total. The number of halogens is 1. The van der Waals surface area contributed by atoms with Gasteiger partial charge in [-0.15, -0.1) is 0 Å². The Labute approximate surface area is 123 Å². The Hall–Kier alpha value is -1.82. The van der Waals surface area contributed by atoms with Gasteiger partial charge in [0, 0.05) is 18.8 Å². The molecule has 0 atom stereocenters. The second-order valence-corrected chi connectivity index (χ2v) is 5.60. The van der Waals surface area contributed by atoms with Crippen LogP contribution >= 0.6 is 0 Å². The Morgan fingerprint density at radius 1 is 1.48 bits per heavy atom. The fourth-order valence-electron chi connectivity index (χ4n) is 2.43. The van der Waals surface area contributed by atoms with Crippen LogP contribution in [-0.4, -0.2) is 36.4 Å². The summed E-state index contributed by atoms with van der Waals surface area (Å²) in [6, 6.07) is 2.58. The standard InChI is InChI=1S/C15H21FN2O3/c1-3-21-14(19)10-8-13(11(16)9-12(10)17)18-6-4-15(2,20)5-7-18/h8-9,20H,3-7,17H2,1-2H3. The van der Waals surface area contributed by atoms with Gasteiger partial charge in [-0.3, -0.25) is 0 Å². The van der Waals surface area contributed by atoms with Crippen molar-refractivity contribution in [1.29, 1.82) is 0 Å². The van der Waals surface area contributed by atoms with Crippen molar-refractivity contribution in [2.45, 2.75) is 32.3 Å². The number of carbonyl (C=O) groups excluding carboxylic acids is 1. The quantitative estimate of drug-likeness (QED) is 0.658. The van der Waals surface area contributed by atoms with Crippen molar-refractivity contribution in [3.63, 3.8) is 0 Å². The molecule has 1 saturated heterocycles.